The monoisotopic (exact) mass is 262 g/mol. The minimum absolute atomic E-state index is 0.488. The maximum atomic E-state index is 5.70. The van der Waals surface area contributed by atoms with Crippen molar-refractivity contribution in [3.8, 4) is 0 Å². The minimum Gasteiger partial charge on any atom is -0.380 e. The lowest BCUT2D eigenvalue weighted by Crippen LogP contribution is -2.28. The molecule has 1 unspecified atom stereocenters. The molecule has 1 aliphatic rings. The molecule has 0 saturated carbocycles. The number of pyridine rings is 1. The van der Waals surface area contributed by atoms with Crippen molar-refractivity contribution in [3.63, 3.8) is 0 Å². The molecule has 2 rings (SSSR count). The Kier molecular flexibility index (Phi) is 5.34. The molecule has 0 spiro atoms. The van der Waals surface area contributed by atoms with Crippen LogP contribution in [0.3, 0.4) is 0 Å². The minimum atomic E-state index is 0.488. The molecule has 0 aromatic carbocycles. The third-order valence-corrected chi connectivity index (χ3v) is 3.59. The zero-order chi connectivity index (χ0) is 13.7. The lowest BCUT2D eigenvalue weighted by molar-refractivity contribution is 0.0815. The van der Waals surface area contributed by atoms with Crippen molar-refractivity contribution < 1.29 is 4.74 Å². The number of aromatic nitrogens is 1. The highest BCUT2D eigenvalue weighted by atomic mass is 16.5. The fourth-order valence-corrected chi connectivity index (χ4v) is 2.68. The van der Waals surface area contributed by atoms with Gasteiger partial charge in [-0.25, -0.2) is 0 Å². The highest BCUT2D eigenvalue weighted by molar-refractivity contribution is 5.14. The van der Waals surface area contributed by atoms with Crippen LogP contribution in [0.5, 0.6) is 0 Å². The number of rotatable bonds is 6. The van der Waals surface area contributed by atoms with Gasteiger partial charge in [-0.1, -0.05) is 19.9 Å². The summed E-state index contributed by atoms with van der Waals surface area (Å²) in [6.45, 7) is 10.3. The second kappa shape index (κ2) is 7.01. The van der Waals surface area contributed by atoms with E-state index >= 15 is 0 Å². The van der Waals surface area contributed by atoms with Gasteiger partial charge >= 0.3 is 0 Å². The van der Waals surface area contributed by atoms with Gasteiger partial charge in [-0.05, 0) is 44.4 Å². The van der Waals surface area contributed by atoms with E-state index in [2.05, 4.69) is 48.9 Å². The average molecular weight is 262 g/mol. The summed E-state index contributed by atoms with van der Waals surface area (Å²) in [6.07, 6.45) is 2.49. The molecule has 0 radical (unpaired) electrons. The standard InChI is InChI=1S/C16H26N2O/c1-13(2)12-19-11-10-18-9-5-8-16(18)15-7-4-6-14(3)17-15/h4,6-7,13,16H,5,8-12H2,1-3H3. The van der Waals surface area contributed by atoms with Crippen LogP contribution in [0.2, 0.25) is 0 Å². The summed E-state index contributed by atoms with van der Waals surface area (Å²) in [5.74, 6) is 0.618. The molecule has 1 atom stereocenters. The van der Waals surface area contributed by atoms with E-state index in [-0.39, 0.29) is 0 Å². The van der Waals surface area contributed by atoms with E-state index in [1.807, 2.05) is 0 Å². The predicted octanol–water partition coefficient (Wildman–Crippen LogP) is 3.20. The maximum Gasteiger partial charge on any atom is 0.0593 e. The lowest BCUT2D eigenvalue weighted by atomic mass is 10.1. The van der Waals surface area contributed by atoms with Crippen LogP contribution in [0.15, 0.2) is 18.2 Å². The molecule has 1 aliphatic heterocycles. The van der Waals surface area contributed by atoms with E-state index < -0.39 is 0 Å². The highest BCUT2D eigenvalue weighted by Crippen LogP contribution is 2.30. The summed E-state index contributed by atoms with van der Waals surface area (Å²) in [6, 6.07) is 6.82. The van der Waals surface area contributed by atoms with Crippen molar-refractivity contribution in [3.05, 3.63) is 29.6 Å². The summed E-state index contributed by atoms with van der Waals surface area (Å²) in [4.78, 5) is 7.20. The molecule has 2 heterocycles. The molecule has 0 N–H and O–H groups in total. The normalized spacial score (nSPS) is 20.3. The molecule has 3 nitrogen and oxygen atoms in total. The first kappa shape index (κ1) is 14.5. The third kappa shape index (κ3) is 4.29. The Morgan fingerprint density at radius 2 is 2.26 bits per heavy atom. The average Bonchev–Trinajstić information content (AvgIpc) is 2.83. The molecule has 1 aromatic rings. The number of hydrogen-bond donors (Lipinski definition) is 0. The van der Waals surface area contributed by atoms with Gasteiger partial charge < -0.3 is 4.74 Å². The molecule has 0 aliphatic carbocycles. The Morgan fingerprint density at radius 3 is 3.00 bits per heavy atom. The smallest absolute Gasteiger partial charge is 0.0593 e. The first-order valence-electron chi connectivity index (χ1n) is 7.42. The van der Waals surface area contributed by atoms with Crippen molar-refractivity contribution in [2.45, 2.75) is 39.7 Å². The summed E-state index contributed by atoms with van der Waals surface area (Å²) in [5, 5.41) is 0. The van der Waals surface area contributed by atoms with E-state index in [1.54, 1.807) is 0 Å². The Labute approximate surface area is 117 Å². The van der Waals surface area contributed by atoms with E-state index in [0.29, 0.717) is 12.0 Å². The zero-order valence-electron chi connectivity index (χ0n) is 12.4. The molecular formula is C16H26N2O. The fraction of sp³-hybridized carbons (Fsp3) is 0.688. The molecule has 19 heavy (non-hydrogen) atoms. The summed E-state index contributed by atoms with van der Waals surface area (Å²) in [7, 11) is 0. The van der Waals surface area contributed by atoms with Crippen LogP contribution in [0.4, 0.5) is 0 Å². The van der Waals surface area contributed by atoms with E-state index in [1.165, 1.54) is 25.1 Å². The number of aryl methyl sites for hydroxylation is 1. The molecular weight excluding hydrogens is 236 g/mol. The van der Waals surface area contributed by atoms with Gasteiger partial charge in [-0.15, -0.1) is 0 Å². The number of hydrogen-bond acceptors (Lipinski definition) is 3. The van der Waals surface area contributed by atoms with Crippen molar-refractivity contribution in [2.75, 3.05) is 26.3 Å². The molecule has 106 valence electrons. The second-order valence-electron chi connectivity index (χ2n) is 5.87. The fourth-order valence-electron chi connectivity index (χ4n) is 2.68. The first-order chi connectivity index (χ1) is 9.16. The van der Waals surface area contributed by atoms with Gasteiger partial charge in [0.05, 0.1) is 18.3 Å². The zero-order valence-corrected chi connectivity index (χ0v) is 12.4. The largest absolute Gasteiger partial charge is 0.380 e. The van der Waals surface area contributed by atoms with Gasteiger partial charge in [0, 0.05) is 18.8 Å². The molecule has 0 amide bonds. The van der Waals surface area contributed by atoms with E-state index in [4.69, 9.17) is 4.74 Å². The number of nitrogens with zero attached hydrogens (tertiary/aromatic N) is 2. The van der Waals surface area contributed by atoms with Gasteiger partial charge in [0.15, 0.2) is 0 Å². The summed E-state index contributed by atoms with van der Waals surface area (Å²) in [5.41, 5.74) is 2.33. The Hall–Kier alpha value is -0.930. The molecule has 3 heteroatoms. The molecule has 1 saturated heterocycles. The second-order valence-corrected chi connectivity index (χ2v) is 5.87. The van der Waals surface area contributed by atoms with Crippen LogP contribution >= 0.6 is 0 Å². The van der Waals surface area contributed by atoms with Gasteiger partial charge in [0.25, 0.3) is 0 Å². The summed E-state index contributed by atoms with van der Waals surface area (Å²) >= 11 is 0. The van der Waals surface area contributed by atoms with Gasteiger partial charge in [-0.3, -0.25) is 9.88 Å². The maximum absolute atomic E-state index is 5.70. The van der Waals surface area contributed by atoms with E-state index in [0.717, 1.165) is 25.5 Å². The van der Waals surface area contributed by atoms with Crippen molar-refractivity contribution >= 4 is 0 Å². The first-order valence-corrected chi connectivity index (χ1v) is 7.42. The Morgan fingerprint density at radius 1 is 1.42 bits per heavy atom. The van der Waals surface area contributed by atoms with E-state index in [9.17, 15) is 0 Å². The number of ether oxygens (including phenoxy) is 1. The van der Waals surface area contributed by atoms with Crippen LogP contribution in [-0.4, -0.2) is 36.2 Å². The number of likely N-dealkylation sites (tertiary alicyclic amines) is 1. The topological polar surface area (TPSA) is 25.4 Å². The highest BCUT2D eigenvalue weighted by Gasteiger charge is 2.26. The molecule has 1 aromatic heterocycles. The van der Waals surface area contributed by atoms with Crippen LogP contribution < -0.4 is 0 Å². The van der Waals surface area contributed by atoms with Crippen LogP contribution in [0, 0.1) is 12.8 Å². The summed E-state index contributed by atoms with van der Waals surface area (Å²) < 4.78 is 5.70. The van der Waals surface area contributed by atoms with Gasteiger partial charge in [0.2, 0.25) is 0 Å². The molecule has 0 bridgehead atoms. The van der Waals surface area contributed by atoms with Gasteiger partial charge in [-0.2, -0.15) is 0 Å². The lowest BCUT2D eigenvalue weighted by Gasteiger charge is -2.24. The van der Waals surface area contributed by atoms with Crippen molar-refractivity contribution in [1.29, 1.82) is 0 Å². The van der Waals surface area contributed by atoms with Crippen molar-refractivity contribution in [1.82, 2.24) is 9.88 Å². The Bertz CT molecular complexity index is 392. The van der Waals surface area contributed by atoms with Gasteiger partial charge in [0.1, 0.15) is 0 Å². The quantitative estimate of drug-likeness (QED) is 0.736. The third-order valence-electron chi connectivity index (χ3n) is 3.59. The van der Waals surface area contributed by atoms with Crippen LogP contribution in [0.25, 0.3) is 0 Å². The molecule has 1 fully saturated rings. The predicted molar refractivity (Wildman–Crippen MR) is 78.2 cm³/mol. The SMILES string of the molecule is Cc1cccc(C2CCCN2CCOCC(C)C)n1. The van der Waals surface area contributed by atoms with Crippen LogP contribution in [0.1, 0.15) is 44.1 Å². The van der Waals surface area contributed by atoms with Crippen LogP contribution in [-0.2, 0) is 4.74 Å². The Balaban J connectivity index is 1.86. The van der Waals surface area contributed by atoms with Crippen molar-refractivity contribution in [2.24, 2.45) is 5.92 Å².